The number of fused-ring (bicyclic) bond motifs is 1. The number of nitrogens with one attached hydrogen (secondary N) is 2. The highest BCUT2D eigenvalue weighted by atomic mass is 16.5. The third-order valence-corrected chi connectivity index (χ3v) is 6.92. The van der Waals surface area contributed by atoms with Gasteiger partial charge in [0, 0.05) is 44.3 Å². The van der Waals surface area contributed by atoms with Crippen LogP contribution in [-0.4, -0.2) is 77.0 Å². The van der Waals surface area contributed by atoms with Crippen molar-refractivity contribution in [2.75, 3.05) is 39.5 Å². The van der Waals surface area contributed by atoms with E-state index in [0.717, 1.165) is 25.7 Å². The minimum absolute atomic E-state index is 0.0426. The molecule has 188 valence electrons. The molecule has 0 radical (unpaired) electrons. The number of aromatic nitrogens is 3. The summed E-state index contributed by atoms with van der Waals surface area (Å²) < 4.78 is 13.7. The van der Waals surface area contributed by atoms with Crippen molar-refractivity contribution in [3.63, 3.8) is 0 Å². The van der Waals surface area contributed by atoms with Gasteiger partial charge in [0.15, 0.2) is 0 Å². The smallest absolute Gasteiger partial charge is 0.378 e. The van der Waals surface area contributed by atoms with E-state index in [1.165, 1.54) is 10.6 Å². The zero-order valence-corrected chi connectivity index (χ0v) is 19.9. The first kappa shape index (κ1) is 23.6. The van der Waals surface area contributed by atoms with Gasteiger partial charge in [0.1, 0.15) is 0 Å². The molecule has 0 spiro atoms. The average molecular weight is 487 g/mol. The molecule has 11 heteroatoms. The van der Waals surface area contributed by atoms with E-state index < -0.39 is 11.5 Å². The summed E-state index contributed by atoms with van der Waals surface area (Å²) in [5.74, 6) is -0.859. The van der Waals surface area contributed by atoms with Crippen LogP contribution in [0, 0.1) is 12.8 Å². The molecule has 2 saturated heterocycles. The number of nitrogens with zero attached hydrogens (tertiary/aromatic N) is 3. The van der Waals surface area contributed by atoms with Crippen LogP contribution in [-0.2, 0) is 20.8 Å². The fourth-order valence-electron chi connectivity index (χ4n) is 4.71. The van der Waals surface area contributed by atoms with E-state index in [0.29, 0.717) is 63.0 Å². The Labute approximate surface area is 202 Å². The first-order valence-corrected chi connectivity index (χ1v) is 12.3. The average Bonchev–Trinajstić information content (AvgIpc) is 3.62. The number of amides is 2. The van der Waals surface area contributed by atoms with Crippen LogP contribution in [0.1, 0.15) is 47.3 Å². The standard InChI is InChI=1S/C24H31N5O6/c1-15-18(4-5-19(30)27-8-12-35-13-9-27)22-28(14-16-6-10-34-11-7-16)23(32)20(24(33)29(22)26-15)21(31)25-17-2-3-17/h4-5,16-17H,2-3,6-14H2,1H3,(H2,25,31,32,33)/p+1/b5-4+. The van der Waals surface area contributed by atoms with Gasteiger partial charge in [-0.15, -0.1) is 0 Å². The van der Waals surface area contributed by atoms with Crippen molar-refractivity contribution >= 4 is 23.5 Å². The van der Waals surface area contributed by atoms with E-state index in [9.17, 15) is 19.5 Å². The van der Waals surface area contributed by atoms with Crippen molar-refractivity contribution in [1.29, 1.82) is 0 Å². The first-order chi connectivity index (χ1) is 16.9. The van der Waals surface area contributed by atoms with Crippen LogP contribution in [0.15, 0.2) is 10.9 Å². The highest BCUT2D eigenvalue weighted by molar-refractivity contribution is 5.96. The molecule has 0 bridgehead atoms. The molecule has 3 aliphatic rings. The van der Waals surface area contributed by atoms with E-state index in [-0.39, 0.29) is 29.3 Å². The second kappa shape index (κ2) is 9.82. The lowest BCUT2D eigenvalue weighted by atomic mass is 10.00. The fourth-order valence-corrected chi connectivity index (χ4v) is 4.71. The van der Waals surface area contributed by atoms with Crippen LogP contribution in [0.2, 0.25) is 0 Å². The molecular weight excluding hydrogens is 454 g/mol. The lowest BCUT2D eigenvalue weighted by Gasteiger charge is -2.25. The van der Waals surface area contributed by atoms with Gasteiger partial charge in [-0.25, -0.2) is 9.89 Å². The van der Waals surface area contributed by atoms with E-state index >= 15 is 0 Å². The molecule has 2 amide bonds. The summed E-state index contributed by atoms with van der Waals surface area (Å²) in [4.78, 5) is 40.7. The Balaban J connectivity index is 1.58. The van der Waals surface area contributed by atoms with Crippen LogP contribution in [0.25, 0.3) is 11.7 Å². The van der Waals surface area contributed by atoms with Crippen LogP contribution >= 0.6 is 0 Å². The Morgan fingerprint density at radius 2 is 1.83 bits per heavy atom. The van der Waals surface area contributed by atoms with Crippen LogP contribution in [0.5, 0.6) is 5.88 Å². The summed E-state index contributed by atoms with van der Waals surface area (Å²) in [7, 11) is 0. The number of carbonyl (C=O) groups excluding carboxylic acids is 2. The SMILES string of the molecule is Cc1[nH]n2c(=O)c(C(=O)NC3CC3)c(O)[n+](CC3CCOCC3)c2c1/C=C/C(=O)N1CCOCC1. The Morgan fingerprint density at radius 1 is 1.14 bits per heavy atom. The fraction of sp³-hybridized carbons (Fsp3) is 0.583. The van der Waals surface area contributed by atoms with Gasteiger partial charge in [-0.05, 0) is 38.7 Å². The van der Waals surface area contributed by atoms with Gasteiger partial charge in [0.2, 0.25) is 11.5 Å². The molecule has 2 aromatic heterocycles. The molecule has 0 atom stereocenters. The second-order valence-corrected chi connectivity index (χ2v) is 9.50. The van der Waals surface area contributed by atoms with Crippen molar-refractivity contribution in [3.05, 3.63) is 33.3 Å². The molecule has 0 unspecified atom stereocenters. The number of hydrogen-bond acceptors (Lipinski definition) is 6. The zero-order chi connectivity index (χ0) is 24.5. The van der Waals surface area contributed by atoms with Gasteiger partial charge in [0.25, 0.3) is 5.91 Å². The van der Waals surface area contributed by atoms with Gasteiger partial charge in [-0.1, -0.05) is 4.52 Å². The van der Waals surface area contributed by atoms with Gasteiger partial charge >= 0.3 is 17.1 Å². The highest BCUT2D eigenvalue weighted by Crippen LogP contribution is 2.23. The summed E-state index contributed by atoms with van der Waals surface area (Å²) in [6.07, 6.45) is 6.51. The molecule has 1 saturated carbocycles. The van der Waals surface area contributed by atoms with E-state index in [4.69, 9.17) is 9.47 Å². The summed E-state index contributed by atoms with van der Waals surface area (Å²) >= 11 is 0. The van der Waals surface area contributed by atoms with E-state index in [2.05, 4.69) is 10.4 Å². The number of morpholine rings is 1. The number of H-pyrrole nitrogens is 1. The highest BCUT2D eigenvalue weighted by Gasteiger charge is 2.35. The number of carbonyl (C=O) groups is 2. The molecule has 35 heavy (non-hydrogen) atoms. The number of hydrogen-bond donors (Lipinski definition) is 3. The minimum Gasteiger partial charge on any atom is -0.477 e. The van der Waals surface area contributed by atoms with Gasteiger partial charge in [-0.3, -0.25) is 9.59 Å². The number of ether oxygens (including phenoxy) is 2. The first-order valence-electron chi connectivity index (χ1n) is 12.3. The maximum absolute atomic E-state index is 13.4. The molecule has 2 aromatic rings. The third kappa shape index (κ3) is 4.83. The molecular formula is C24H32N5O6+. The maximum Gasteiger partial charge on any atom is 0.378 e. The van der Waals surface area contributed by atoms with Crippen molar-refractivity contribution in [1.82, 2.24) is 19.8 Å². The summed E-state index contributed by atoms with van der Waals surface area (Å²) in [5, 5.41) is 17.1. The number of aromatic amines is 1. The molecule has 3 N–H and O–H groups in total. The second-order valence-electron chi connectivity index (χ2n) is 9.50. The lowest BCUT2D eigenvalue weighted by Crippen LogP contribution is -2.47. The third-order valence-electron chi connectivity index (χ3n) is 6.92. The molecule has 5 rings (SSSR count). The lowest BCUT2D eigenvalue weighted by molar-refractivity contribution is -0.688. The molecule has 2 aliphatic heterocycles. The van der Waals surface area contributed by atoms with Gasteiger partial charge < -0.3 is 24.8 Å². The summed E-state index contributed by atoms with van der Waals surface area (Å²) in [5.41, 5.74) is 0.780. The Morgan fingerprint density at radius 3 is 2.51 bits per heavy atom. The molecule has 11 nitrogen and oxygen atoms in total. The Kier molecular flexibility index (Phi) is 6.61. The van der Waals surface area contributed by atoms with Crippen molar-refractivity contribution in [3.8, 4) is 5.88 Å². The van der Waals surface area contributed by atoms with Gasteiger partial charge in [-0.2, -0.15) is 4.57 Å². The maximum atomic E-state index is 13.4. The molecule has 0 aromatic carbocycles. The quantitative estimate of drug-likeness (QED) is 0.393. The molecule has 3 fully saturated rings. The Bertz CT molecular complexity index is 1220. The topological polar surface area (TPSA) is 129 Å². The summed E-state index contributed by atoms with van der Waals surface area (Å²) in [6, 6.07) is 0.0426. The predicted molar refractivity (Wildman–Crippen MR) is 125 cm³/mol. The summed E-state index contributed by atoms with van der Waals surface area (Å²) in [6.45, 7) is 5.54. The normalized spacial score (nSPS) is 19.5. The van der Waals surface area contributed by atoms with Crippen LogP contribution in [0.4, 0.5) is 0 Å². The van der Waals surface area contributed by atoms with Gasteiger partial charge in [0.05, 0.1) is 31.0 Å². The van der Waals surface area contributed by atoms with Crippen molar-refractivity contribution < 1.29 is 28.7 Å². The number of aryl methyl sites for hydroxylation is 1. The van der Waals surface area contributed by atoms with Crippen LogP contribution in [0.3, 0.4) is 0 Å². The largest absolute Gasteiger partial charge is 0.477 e. The number of rotatable bonds is 6. The number of aromatic hydroxyl groups is 1. The molecule has 4 heterocycles. The molecule has 1 aliphatic carbocycles. The monoisotopic (exact) mass is 486 g/mol. The van der Waals surface area contributed by atoms with Crippen molar-refractivity contribution in [2.24, 2.45) is 5.92 Å². The van der Waals surface area contributed by atoms with Crippen LogP contribution < -0.4 is 15.4 Å². The Hall–Kier alpha value is -3.18. The van der Waals surface area contributed by atoms with E-state index in [1.54, 1.807) is 22.5 Å². The minimum atomic E-state index is -0.624. The zero-order valence-electron chi connectivity index (χ0n) is 19.9. The van der Waals surface area contributed by atoms with Crippen molar-refractivity contribution in [2.45, 2.75) is 45.2 Å². The predicted octanol–water partition coefficient (Wildman–Crippen LogP) is 0.120. The van der Waals surface area contributed by atoms with E-state index in [1.807, 2.05) is 0 Å².